The first-order valence-corrected chi connectivity index (χ1v) is 12.2. The van der Waals surface area contributed by atoms with Crippen molar-refractivity contribution in [2.24, 2.45) is 0 Å². The molecule has 0 saturated heterocycles. The van der Waals surface area contributed by atoms with E-state index in [4.69, 9.17) is 5.21 Å². The van der Waals surface area contributed by atoms with Gasteiger partial charge in [-0.1, -0.05) is 30.3 Å². The summed E-state index contributed by atoms with van der Waals surface area (Å²) in [6.45, 7) is 6.05. The number of rotatable bonds is 8. The highest BCUT2D eigenvalue weighted by atomic mass is 16.5. The Morgan fingerprint density at radius 3 is 2.86 bits per heavy atom. The number of aromatic amines is 2. The summed E-state index contributed by atoms with van der Waals surface area (Å²) in [7, 11) is 0. The van der Waals surface area contributed by atoms with Crippen LogP contribution in [0.4, 0.5) is 0 Å². The van der Waals surface area contributed by atoms with Gasteiger partial charge in [0.1, 0.15) is 0 Å². The summed E-state index contributed by atoms with van der Waals surface area (Å²) in [4.78, 5) is 20.9. The lowest BCUT2D eigenvalue weighted by atomic mass is 10.0. The van der Waals surface area contributed by atoms with Crippen molar-refractivity contribution in [1.82, 2.24) is 20.3 Å². The molecule has 6 nitrogen and oxygen atoms in total. The number of hydrogen-bond donors (Lipinski definition) is 4. The van der Waals surface area contributed by atoms with E-state index in [0.29, 0.717) is 6.04 Å². The third kappa shape index (κ3) is 5.09. The van der Waals surface area contributed by atoms with Crippen LogP contribution in [0.25, 0.3) is 17.0 Å². The zero-order chi connectivity index (χ0) is 24.4. The van der Waals surface area contributed by atoms with Gasteiger partial charge in [0, 0.05) is 53.7 Å². The van der Waals surface area contributed by atoms with Crippen molar-refractivity contribution in [2.45, 2.75) is 45.7 Å². The summed E-state index contributed by atoms with van der Waals surface area (Å²) in [5, 5.41) is 10.0. The van der Waals surface area contributed by atoms with Crippen molar-refractivity contribution in [3.8, 4) is 0 Å². The largest absolute Gasteiger partial charge is 0.361 e. The predicted molar refractivity (Wildman–Crippen MR) is 139 cm³/mol. The van der Waals surface area contributed by atoms with Gasteiger partial charge < -0.3 is 9.97 Å². The number of nitrogens with zero attached hydrogens (tertiary/aromatic N) is 1. The number of amides is 1. The Balaban J connectivity index is 1.38. The van der Waals surface area contributed by atoms with Crippen LogP contribution < -0.4 is 5.48 Å². The fourth-order valence-electron chi connectivity index (χ4n) is 5.30. The highest BCUT2D eigenvalue weighted by Crippen LogP contribution is 2.37. The van der Waals surface area contributed by atoms with E-state index >= 15 is 0 Å². The standard InChI is InChI=1S/C29H32N4O2/c1-19-3-9-25-23(17-30-27(25)15-19)13-14-33(18-24-8-4-20(2)31-24)28-11-7-22-16-21(5-10-26(22)28)6-12-29(34)32-35/h3-6,8-10,12,15-17,28,30-31,35H,7,11,13-14,18H2,1-2H3,(H,32,34)/b12-6+. The van der Waals surface area contributed by atoms with Gasteiger partial charge in [0.2, 0.25) is 0 Å². The van der Waals surface area contributed by atoms with E-state index in [1.54, 1.807) is 11.6 Å². The van der Waals surface area contributed by atoms with Gasteiger partial charge in [-0.25, -0.2) is 5.48 Å². The third-order valence-corrected chi connectivity index (χ3v) is 7.05. The fraction of sp³-hybridized carbons (Fsp3) is 0.276. The molecule has 4 N–H and O–H groups in total. The van der Waals surface area contributed by atoms with E-state index in [-0.39, 0.29) is 0 Å². The number of benzene rings is 2. The van der Waals surface area contributed by atoms with E-state index < -0.39 is 5.91 Å². The molecule has 1 aliphatic carbocycles. The lowest BCUT2D eigenvalue weighted by Gasteiger charge is -2.29. The molecule has 5 rings (SSSR count). The second-order valence-corrected chi connectivity index (χ2v) is 9.57. The number of hydrogen-bond acceptors (Lipinski definition) is 3. The quantitative estimate of drug-likeness (QED) is 0.159. The Morgan fingerprint density at radius 1 is 1.17 bits per heavy atom. The van der Waals surface area contributed by atoms with Gasteiger partial charge in [-0.3, -0.25) is 14.9 Å². The van der Waals surface area contributed by atoms with Crippen LogP contribution in [0.1, 0.15) is 51.7 Å². The maximum Gasteiger partial charge on any atom is 0.267 e. The highest BCUT2D eigenvalue weighted by Gasteiger charge is 2.28. The second-order valence-electron chi connectivity index (χ2n) is 9.57. The molecule has 1 amide bonds. The number of aryl methyl sites for hydroxylation is 3. The normalized spacial score (nSPS) is 15.4. The van der Waals surface area contributed by atoms with Crippen LogP contribution in [0.5, 0.6) is 0 Å². The molecule has 0 spiro atoms. The van der Waals surface area contributed by atoms with E-state index in [2.05, 4.69) is 83.4 Å². The molecule has 1 atom stereocenters. The lowest BCUT2D eigenvalue weighted by molar-refractivity contribution is -0.124. The summed E-state index contributed by atoms with van der Waals surface area (Å²) >= 11 is 0. The van der Waals surface area contributed by atoms with Gasteiger partial charge >= 0.3 is 0 Å². The Kier molecular flexibility index (Phi) is 6.57. The molecule has 6 heteroatoms. The molecule has 2 aromatic carbocycles. The zero-order valence-corrected chi connectivity index (χ0v) is 20.3. The topological polar surface area (TPSA) is 84.2 Å². The molecule has 180 valence electrons. The van der Waals surface area contributed by atoms with Gasteiger partial charge in [-0.2, -0.15) is 0 Å². The molecule has 1 unspecified atom stereocenters. The van der Waals surface area contributed by atoms with Gasteiger partial charge in [-0.05, 0) is 85.2 Å². The molecular weight excluding hydrogens is 436 g/mol. The molecule has 0 saturated carbocycles. The van der Waals surface area contributed by atoms with Crippen LogP contribution in [0.15, 0.2) is 60.8 Å². The molecule has 0 radical (unpaired) electrons. The molecule has 1 aliphatic rings. The van der Waals surface area contributed by atoms with Crippen molar-refractivity contribution < 1.29 is 10.0 Å². The Labute approximate surface area is 205 Å². The summed E-state index contributed by atoms with van der Waals surface area (Å²) in [5.74, 6) is -0.525. The average Bonchev–Trinajstić information content (AvgIpc) is 3.58. The minimum absolute atomic E-state index is 0.347. The summed E-state index contributed by atoms with van der Waals surface area (Å²) in [6, 6.07) is 17.7. The first kappa shape index (κ1) is 23.1. The lowest BCUT2D eigenvalue weighted by Crippen LogP contribution is -2.29. The summed E-state index contributed by atoms with van der Waals surface area (Å²) < 4.78 is 0. The number of carbonyl (C=O) groups is 1. The Hall–Kier alpha value is -3.61. The van der Waals surface area contributed by atoms with Crippen LogP contribution in [0.3, 0.4) is 0 Å². The van der Waals surface area contributed by atoms with E-state index in [9.17, 15) is 4.79 Å². The highest BCUT2D eigenvalue weighted by molar-refractivity contribution is 5.90. The minimum Gasteiger partial charge on any atom is -0.361 e. The van der Waals surface area contributed by atoms with Crippen molar-refractivity contribution >= 4 is 22.9 Å². The van der Waals surface area contributed by atoms with E-state index in [1.807, 2.05) is 0 Å². The SMILES string of the molecule is Cc1ccc2c(CCN(Cc3ccc(C)[nH]3)C3CCc4cc(/C=C/C(=O)NO)ccc43)c[nH]c2c1. The number of H-pyrrole nitrogens is 2. The molecule has 0 aliphatic heterocycles. The van der Waals surface area contributed by atoms with Crippen molar-refractivity contribution in [3.63, 3.8) is 0 Å². The van der Waals surface area contributed by atoms with E-state index in [1.165, 1.54) is 50.6 Å². The Bertz CT molecular complexity index is 1380. The van der Waals surface area contributed by atoms with Crippen molar-refractivity contribution in [3.05, 3.63) is 100 Å². The van der Waals surface area contributed by atoms with Crippen molar-refractivity contribution in [2.75, 3.05) is 6.54 Å². The molecule has 0 bridgehead atoms. The predicted octanol–water partition coefficient (Wildman–Crippen LogP) is 5.36. The zero-order valence-electron chi connectivity index (χ0n) is 20.3. The minimum atomic E-state index is -0.525. The second kappa shape index (κ2) is 9.94. The first-order chi connectivity index (χ1) is 17.0. The van der Waals surface area contributed by atoms with Gasteiger partial charge in [-0.15, -0.1) is 0 Å². The number of fused-ring (bicyclic) bond motifs is 2. The molecule has 2 heterocycles. The molecular formula is C29H32N4O2. The summed E-state index contributed by atoms with van der Waals surface area (Å²) in [5.41, 5.74) is 11.5. The monoisotopic (exact) mass is 468 g/mol. The van der Waals surface area contributed by atoms with Gasteiger partial charge in [0.15, 0.2) is 0 Å². The summed E-state index contributed by atoms with van der Waals surface area (Å²) in [6.07, 6.45) is 8.30. The first-order valence-electron chi connectivity index (χ1n) is 12.2. The molecule has 35 heavy (non-hydrogen) atoms. The molecule has 4 aromatic rings. The number of nitrogens with one attached hydrogen (secondary N) is 3. The van der Waals surface area contributed by atoms with Crippen LogP contribution in [0.2, 0.25) is 0 Å². The maximum absolute atomic E-state index is 11.3. The van der Waals surface area contributed by atoms with Crippen molar-refractivity contribution in [1.29, 1.82) is 0 Å². The maximum atomic E-state index is 11.3. The van der Waals surface area contributed by atoms with Crippen LogP contribution in [-0.2, 0) is 24.2 Å². The number of hydroxylamine groups is 1. The number of aromatic nitrogens is 2. The van der Waals surface area contributed by atoms with Crippen LogP contribution >= 0.6 is 0 Å². The van der Waals surface area contributed by atoms with Gasteiger partial charge in [0.25, 0.3) is 5.91 Å². The van der Waals surface area contributed by atoms with E-state index in [0.717, 1.165) is 37.9 Å². The van der Waals surface area contributed by atoms with Gasteiger partial charge in [0.05, 0.1) is 0 Å². The van der Waals surface area contributed by atoms with Crippen LogP contribution in [0, 0.1) is 13.8 Å². The molecule has 0 fully saturated rings. The smallest absolute Gasteiger partial charge is 0.267 e. The Morgan fingerprint density at radius 2 is 2.06 bits per heavy atom. The molecule has 2 aromatic heterocycles. The van der Waals surface area contributed by atoms with Crippen LogP contribution in [-0.4, -0.2) is 32.5 Å². The third-order valence-electron chi connectivity index (χ3n) is 7.05. The number of carbonyl (C=O) groups excluding carboxylic acids is 1. The fourth-order valence-corrected chi connectivity index (χ4v) is 5.30. The average molecular weight is 469 g/mol.